The van der Waals surface area contributed by atoms with Gasteiger partial charge in [-0.15, -0.1) is 0 Å². The van der Waals surface area contributed by atoms with Gasteiger partial charge in [0.2, 0.25) is 0 Å². The minimum atomic E-state index is -1.26. The van der Waals surface area contributed by atoms with Crippen LogP contribution in [0.15, 0.2) is 30.4 Å². The van der Waals surface area contributed by atoms with E-state index in [1.165, 1.54) is 43.2 Å². The molecular weight excluding hydrogens is 334 g/mol. The fourth-order valence-electron chi connectivity index (χ4n) is 2.86. The summed E-state index contributed by atoms with van der Waals surface area (Å²) in [5.74, 6) is -2.51. The van der Waals surface area contributed by atoms with Gasteiger partial charge in [-0.1, -0.05) is 31.5 Å². The van der Waals surface area contributed by atoms with E-state index in [9.17, 15) is 14.7 Å². The zero-order chi connectivity index (χ0) is 19.5. The van der Waals surface area contributed by atoms with Crippen LogP contribution in [0.1, 0.15) is 49.0 Å². The first-order valence-electron chi connectivity index (χ1n) is 8.95. The maximum atomic E-state index is 10.3. The Morgan fingerprint density at radius 2 is 1.77 bits per heavy atom. The van der Waals surface area contributed by atoms with Gasteiger partial charge >= 0.3 is 11.9 Å². The number of nitrogens with zero attached hydrogens (tertiary/aromatic N) is 1. The second kappa shape index (κ2) is 11.4. The van der Waals surface area contributed by atoms with Crippen LogP contribution in [0.25, 0.3) is 0 Å². The average molecular weight is 363 g/mol. The van der Waals surface area contributed by atoms with Gasteiger partial charge in [0, 0.05) is 18.7 Å². The van der Waals surface area contributed by atoms with Crippen LogP contribution in [0.5, 0.6) is 0 Å². The Morgan fingerprint density at radius 3 is 2.35 bits per heavy atom. The molecule has 26 heavy (non-hydrogen) atoms. The van der Waals surface area contributed by atoms with Crippen molar-refractivity contribution in [2.75, 3.05) is 20.1 Å². The fourth-order valence-corrected chi connectivity index (χ4v) is 2.86. The lowest BCUT2D eigenvalue weighted by atomic mass is 10.0. The molecule has 1 aliphatic rings. The van der Waals surface area contributed by atoms with Crippen molar-refractivity contribution in [1.82, 2.24) is 4.90 Å². The number of aliphatic hydroxyl groups excluding tert-OH is 1. The number of carboxylic acids is 2. The Kier molecular flexibility index (Phi) is 9.62. The van der Waals surface area contributed by atoms with Crippen molar-refractivity contribution in [3.05, 3.63) is 47.0 Å². The van der Waals surface area contributed by atoms with Gasteiger partial charge in [0.15, 0.2) is 0 Å². The molecule has 0 saturated heterocycles. The molecule has 1 unspecified atom stereocenters. The summed E-state index contributed by atoms with van der Waals surface area (Å²) in [4.78, 5) is 21.3. The molecule has 0 heterocycles. The van der Waals surface area contributed by atoms with Gasteiger partial charge in [-0.3, -0.25) is 0 Å². The molecule has 0 bridgehead atoms. The summed E-state index contributed by atoms with van der Waals surface area (Å²) < 4.78 is 0. The molecule has 0 aromatic heterocycles. The first-order valence-corrected chi connectivity index (χ1v) is 8.95. The minimum Gasteiger partial charge on any atom is -0.478 e. The summed E-state index contributed by atoms with van der Waals surface area (Å²) in [5.41, 5.74) is 4.01. The largest absolute Gasteiger partial charge is 0.478 e. The number of aliphatic carboxylic acids is 2. The summed E-state index contributed by atoms with van der Waals surface area (Å²) in [7, 11) is 2.09. The van der Waals surface area contributed by atoms with Gasteiger partial charge in [0.1, 0.15) is 0 Å². The third kappa shape index (κ3) is 8.27. The fraction of sp³-hybridized carbons (Fsp3) is 0.500. The maximum Gasteiger partial charge on any atom is 0.328 e. The number of rotatable bonds is 8. The van der Waals surface area contributed by atoms with Crippen molar-refractivity contribution >= 4 is 11.9 Å². The third-order valence-electron chi connectivity index (χ3n) is 4.25. The van der Waals surface area contributed by atoms with E-state index in [4.69, 9.17) is 10.2 Å². The summed E-state index contributed by atoms with van der Waals surface area (Å²) >= 11 is 0. The SMILES string of the molecule is CCCCN(C)CC(O)c1ccc2c(c1)CCC2.O=C(O)C=CC(=O)O. The van der Waals surface area contributed by atoms with Crippen LogP contribution in [-0.4, -0.2) is 52.3 Å². The molecule has 1 aromatic carbocycles. The maximum absolute atomic E-state index is 10.3. The molecular formula is C20H29NO5. The van der Waals surface area contributed by atoms with Gasteiger partial charge in [0.25, 0.3) is 0 Å². The number of carbonyl (C=O) groups is 2. The predicted molar refractivity (Wildman–Crippen MR) is 100 cm³/mol. The topological polar surface area (TPSA) is 98.1 Å². The Labute approximate surface area is 154 Å². The van der Waals surface area contributed by atoms with Gasteiger partial charge < -0.3 is 20.2 Å². The summed E-state index contributed by atoms with van der Waals surface area (Å²) in [6.45, 7) is 4.00. The molecule has 0 aliphatic heterocycles. The molecule has 1 aromatic rings. The zero-order valence-corrected chi connectivity index (χ0v) is 15.5. The number of hydrogen-bond acceptors (Lipinski definition) is 4. The minimum absolute atomic E-state index is 0.349. The van der Waals surface area contributed by atoms with Crippen molar-refractivity contribution in [1.29, 1.82) is 0 Å². The van der Waals surface area contributed by atoms with Crippen LogP contribution in [0.3, 0.4) is 0 Å². The Morgan fingerprint density at radius 1 is 1.15 bits per heavy atom. The predicted octanol–water partition coefficient (Wildman–Crippen LogP) is 2.65. The van der Waals surface area contributed by atoms with Crippen LogP contribution in [-0.2, 0) is 22.4 Å². The molecule has 0 radical (unpaired) electrons. The van der Waals surface area contributed by atoms with Crippen molar-refractivity contribution in [3.63, 3.8) is 0 Å². The summed E-state index contributed by atoms with van der Waals surface area (Å²) in [6.07, 6.45) is 6.84. The number of likely N-dealkylation sites (N-methyl/N-ethyl adjacent to an activating group) is 1. The Balaban J connectivity index is 0.000000359. The molecule has 1 aliphatic carbocycles. The Hall–Kier alpha value is -2.18. The van der Waals surface area contributed by atoms with E-state index in [1.807, 2.05) is 0 Å². The lowest BCUT2D eigenvalue weighted by Crippen LogP contribution is -2.25. The highest BCUT2D eigenvalue weighted by Crippen LogP contribution is 2.25. The standard InChI is InChI=1S/C16H25NO.C4H4O4/c1-3-4-10-17(2)12-16(18)15-9-8-13-6-5-7-14(13)11-15;5-3(6)1-2-4(7)8/h8-9,11,16,18H,3-7,10,12H2,1-2H3;1-2H,(H,5,6)(H,7,8). The van der Waals surface area contributed by atoms with Crippen LogP contribution < -0.4 is 0 Å². The van der Waals surface area contributed by atoms with Gasteiger partial charge in [-0.2, -0.15) is 0 Å². The molecule has 0 saturated carbocycles. The summed E-state index contributed by atoms with van der Waals surface area (Å²) in [5, 5.41) is 25.9. The van der Waals surface area contributed by atoms with E-state index in [0.29, 0.717) is 12.2 Å². The highest BCUT2D eigenvalue weighted by molar-refractivity contribution is 5.89. The number of aliphatic hydroxyl groups is 1. The first-order chi connectivity index (χ1) is 12.3. The van der Waals surface area contributed by atoms with Crippen LogP contribution >= 0.6 is 0 Å². The van der Waals surface area contributed by atoms with Gasteiger partial charge in [0.05, 0.1) is 6.10 Å². The molecule has 0 fully saturated rings. The lowest BCUT2D eigenvalue weighted by molar-refractivity contribution is -0.134. The van der Waals surface area contributed by atoms with E-state index in [0.717, 1.165) is 18.7 Å². The van der Waals surface area contributed by atoms with Crippen molar-refractivity contribution in [2.24, 2.45) is 0 Å². The molecule has 0 spiro atoms. The van der Waals surface area contributed by atoms with E-state index in [2.05, 4.69) is 37.1 Å². The second-order valence-electron chi connectivity index (χ2n) is 6.52. The smallest absolute Gasteiger partial charge is 0.328 e. The van der Waals surface area contributed by atoms with Crippen molar-refractivity contribution in [2.45, 2.75) is 45.1 Å². The molecule has 6 nitrogen and oxygen atoms in total. The number of benzene rings is 1. The van der Waals surface area contributed by atoms with Gasteiger partial charge in [-0.25, -0.2) is 9.59 Å². The first kappa shape index (κ1) is 21.9. The molecule has 144 valence electrons. The molecule has 6 heteroatoms. The Bertz CT molecular complexity index is 611. The highest BCUT2D eigenvalue weighted by atomic mass is 16.4. The van der Waals surface area contributed by atoms with Gasteiger partial charge in [-0.05, 0) is 56.0 Å². The average Bonchev–Trinajstić information content (AvgIpc) is 3.06. The molecule has 1 atom stereocenters. The van der Waals surface area contributed by atoms with E-state index in [1.54, 1.807) is 0 Å². The second-order valence-corrected chi connectivity index (χ2v) is 6.52. The number of carboxylic acid groups (broad SMARTS) is 2. The van der Waals surface area contributed by atoms with E-state index in [-0.39, 0.29) is 6.10 Å². The molecule has 0 amide bonds. The van der Waals surface area contributed by atoms with Crippen molar-refractivity contribution < 1.29 is 24.9 Å². The third-order valence-corrected chi connectivity index (χ3v) is 4.25. The number of hydrogen-bond donors (Lipinski definition) is 3. The quantitative estimate of drug-likeness (QED) is 0.614. The zero-order valence-electron chi connectivity index (χ0n) is 15.5. The number of fused-ring (bicyclic) bond motifs is 1. The summed E-state index contributed by atoms with van der Waals surface area (Å²) in [6, 6.07) is 6.51. The van der Waals surface area contributed by atoms with E-state index >= 15 is 0 Å². The molecule has 3 N–H and O–H groups in total. The van der Waals surface area contributed by atoms with Crippen LogP contribution in [0.2, 0.25) is 0 Å². The van der Waals surface area contributed by atoms with E-state index < -0.39 is 11.9 Å². The van der Waals surface area contributed by atoms with Crippen LogP contribution in [0.4, 0.5) is 0 Å². The van der Waals surface area contributed by atoms with Crippen LogP contribution in [0, 0.1) is 0 Å². The lowest BCUT2D eigenvalue weighted by Gasteiger charge is -2.21. The molecule has 2 rings (SSSR count). The number of aryl methyl sites for hydroxylation is 2. The highest BCUT2D eigenvalue weighted by Gasteiger charge is 2.15. The van der Waals surface area contributed by atoms with Crippen molar-refractivity contribution in [3.8, 4) is 0 Å². The monoisotopic (exact) mass is 363 g/mol. The number of unbranched alkanes of at least 4 members (excludes halogenated alkanes) is 1. The normalized spacial score (nSPS) is 14.0.